The summed E-state index contributed by atoms with van der Waals surface area (Å²) in [4.78, 5) is 27.8. The van der Waals surface area contributed by atoms with E-state index in [-0.39, 0.29) is 5.56 Å². The Balaban J connectivity index is 2.42. The molecule has 0 aliphatic carbocycles. The van der Waals surface area contributed by atoms with Crippen molar-refractivity contribution in [2.45, 2.75) is 0 Å². The van der Waals surface area contributed by atoms with Crippen molar-refractivity contribution in [2.24, 2.45) is 0 Å². The average Bonchev–Trinajstić information content (AvgIpc) is 2.49. The molecule has 0 atom stereocenters. The first-order valence-corrected chi connectivity index (χ1v) is 8.58. The Kier molecular flexibility index (Phi) is 3.26. The average molecular weight is 515 g/mol. The van der Waals surface area contributed by atoms with Crippen LogP contribution in [0.15, 0.2) is 50.4 Å². The molecule has 4 nitrogen and oxygen atoms in total. The first kappa shape index (κ1) is 14.2. The van der Waals surface area contributed by atoms with Crippen molar-refractivity contribution >= 4 is 77.8 Å². The molecule has 2 heterocycles. The maximum Gasteiger partial charge on any atom is 0.345 e. The molecular weight excluding hydrogens is 508 g/mol. The molecule has 0 saturated heterocycles. The first-order valence-electron chi connectivity index (χ1n) is 6.43. The van der Waals surface area contributed by atoms with Gasteiger partial charge in [-0.05, 0) is 63.4 Å². The fourth-order valence-electron chi connectivity index (χ4n) is 2.67. The molecule has 22 heavy (non-hydrogen) atoms. The summed E-state index contributed by atoms with van der Waals surface area (Å²) >= 11 is 4.41. The Morgan fingerprint density at radius 1 is 0.909 bits per heavy atom. The molecule has 0 bridgehead atoms. The molecule has 0 fully saturated rings. The number of benzene rings is 2. The first-order chi connectivity index (χ1) is 10.6. The zero-order valence-electron chi connectivity index (χ0n) is 10.9. The van der Waals surface area contributed by atoms with Gasteiger partial charge in [0.05, 0.1) is 16.3 Å². The van der Waals surface area contributed by atoms with Crippen LogP contribution in [0, 0.1) is 7.14 Å². The molecule has 4 aromatic rings. The molecule has 6 heteroatoms. The minimum Gasteiger partial charge on any atom is -0.422 e. The summed E-state index contributed by atoms with van der Waals surface area (Å²) in [6.45, 7) is 0. The summed E-state index contributed by atoms with van der Waals surface area (Å²) in [6.07, 6.45) is 0. The minimum absolute atomic E-state index is 0.274. The van der Waals surface area contributed by atoms with Gasteiger partial charge in [0.1, 0.15) is 5.58 Å². The number of pyridine rings is 1. The number of nitrogens with one attached hydrogen (secondary N) is 1. The molecule has 2 aromatic carbocycles. The van der Waals surface area contributed by atoms with Crippen LogP contribution in [0.5, 0.6) is 0 Å². The highest BCUT2D eigenvalue weighted by molar-refractivity contribution is 14.1. The Bertz CT molecular complexity index is 1190. The lowest BCUT2D eigenvalue weighted by Gasteiger charge is -2.07. The summed E-state index contributed by atoms with van der Waals surface area (Å²) in [5.74, 6) is 0. The zero-order valence-corrected chi connectivity index (χ0v) is 15.3. The number of hydrogen-bond acceptors (Lipinski definition) is 3. The van der Waals surface area contributed by atoms with Crippen molar-refractivity contribution in [3.05, 3.63) is 64.3 Å². The summed E-state index contributed by atoms with van der Waals surface area (Å²) in [5, 5.41) is 2.08. The van der Waals surface area contributed by atoms with Gasteiger partial charge in [-0.3, -0.25) is 4.79 Å². The van der Waals surface area contributed by atoms with Gasteiger partial charge in [0.15, 0.2) is 0 Å². The van der Waals surface area contributed by atoms with E-state index in [2.05, 4.69) is 50.2 Å². The summed E-state index contributed by atoms with van der Waals surface area (Å²) in [5.41, 5.74) is 0.306. The lowest BCUT2D eigenvalue weighted by Crippen LogP contribution is -2.13. The lowest BCUT2D eigenvalue weighted by molar-refractivity contribution is 0.570. The second kappa shape index (κ2) is 5.05. The van der Waals surface area contributed by atoms with Crippen LogP contribution in [-0.2, 0) is 0 Å². The molecule has 4 rings (SSSR count). The molecule has 108 valence electrons. The standard InChI is InChI=1S/C16H7I2NO3/c17-9-5-8-11(6-10(9)18)19-15(20)13-7-3-1-2-4-12(7)22-16(21)14(8)13/h1-6H,(H,19,20). The quantitative estimate of drug-likeness (QED) is 0.219. The molecule has 0 aliphatic heterocycles. The van der Waals surface area contributed by atoms with Crippen LogP contribution in [-0.4, -0.2) is 4.98 Å². The molecule has 0 radical (unpaired) electrons. The van der Waals surface area contributed by atoms with Crippen molar-refractivity contribution in [1.82, 2.24) is 4.98 Å². The van der Waals surface area contributed by atoms with Gasteiger partial charge in [0.2, 0.25) is 0 Å². The number of aromatic nitrogens is 1. The van der Waals surface area contributed by atoms with Crippen molar-refractivity contribution in [3.63, 3.8) is 0 Å². The third kappa shape index (κ3) is 2.00. The fraction of sp³-hybridized carbons (Fsp3) is 0. The smallest absolute Gasteiger partial charge is 0.345 e. The number of fused-ring (bicyclic) bond motifs is 5. The van der Waals surface area contributed by atoms with E-state index in [1.54, 1.807) is 18.2 Å². The van der Waals surface area contributed by atoms with Crippen LogP contribution < -0.4 is 11.2 Å². The van der Waals surface area contributed by atoms with Crippen molar-refractivity contribution < 1.29 is 4.42 Å². The van der Waals surface area contributed by atoms with Crippen LogP contribution in [0.25, 0.3) is 32.6 Å². The van der Waals surface area contributed by atoms with Crippen LogP contribution in [0.4, 0.5) is 0 Å². The third-order valence-corrected chi connectivity index (χ3v) is 6.44. The Labute approximate surface area is 150 Å². The van der Waals surface area contributed by atoms with Gasteiger partial charge >= 0.3 is 5.63 Å². The number of halogens is 2. The second-order valence-electron chi connectivity index (χ2n) is 4.90. The fourth-order valence-corrected chi connectivity index (χ4v) is 3.61. The van der Waals surface area contributed by atoms with E-state index in [0.29, 0.717) is 32.6 Å². The molecule has 0 aliphatic rings. The predicted octanol–water partition coefficient (Wildman–Crippen LogP) is 4.00. The van der Waals surface area contributed by atoms with Crippen LogP contribution >= 0.6 is 45.2 Å². The molecular formula is C16H7I2NO3. The van der Waals surface area contributed by atoms with E-state index in [1.807, 2.05) is 18.2 Å². The maximum absolute atomic E-state index is 12.5. The largest absolute Gasteiger partial charge is 0.422 e. The number of aromatic amines is 1. The van der Waals surface area contributed by atoms with Gasteiger partial charge in [-0.1, -0.05) is 18.2 Å². The van der Waals surface area contributed by atoms with Gasteiger partial charge in [-0.15, -0.1) is 0 Å². The highest BCUT2D eigenvalue weighted by atomic mass is 127. The van der Waals surface area contributed by atoms with Gasteiger partial charge < -0.3 is 9.40 Å². The molecule has 0 unspecified atom stereocenters. The topological polar surface area (TPSA) is 63.1 Å². The van der Waals surface area contributed by atoms with Gasteiger partial charge in [-0.2, -0.15) is 0 Å². The lowest BCUT2D eigenvalue weighted by atomic mass is 10.1. The highest BCUT2D eigenvalue weighted by Gasteiger charge is 2.15. The highest BCUT2D eigenvalue weighted by Crippen LogP contribution is 2.28. The normalized spacial score (nSPS) is 11.5. The van der Waals surface area contributed by atoms with Crippen LogP contribution in [0.1, 0.15) is 0 Å². The van der Waals surface area contributed by atoms with Crippen molar-refractivity contribution in [3.8, 4) is 0 Å². The number of rotatable bonds is 0. The molecule has 0 spiro atoms. The van der Waals surface area contributed by atoms with Crippen LogP contribution in [0.3, 0.4) is 0 Å². The van der Waals surface area contributed by atoms with E-state index < -0.39 is 5.63 Å². The van der Waals surface area contributed by atoms with E-state index in [4.69, 9.17) is 4.42 Å². The number of H-pyrrole nitrogens is 1. The summed E-state index contributed by atoms with van der Waals surface area (Å²) < 4.78 is 7.43. The van der Waals surface area contributed by atoms with E-state index >= 15 is 0 Å². The van der Waals surface area contributed by atoms with Gasteiger partial charge in [0, 0.05) is 17.9 Å². The SMILES string of the molecule is O=c1oc2ccccc2c2c(=O)[nH]c3cc(I)c(I)cc3c12. The van der Waals surface area contributed by atoms with Crippen molar-refractivity contribution in [2.75, 3.05) is 0 Å². The number of para-hydroxylation sites is 1. The zero-order chi connectivity index (χ0) is 15.4. The Morgan fingerprint density at radius 3 is 2.45 bits per heavy atom. The van der Waals surface area contributed by atoms with Crippen molar-refractivity contribution in [1.29, 1.82) is 0 Å². The third-order valence-electron chi connectivity index (χ3n) is 3.62. The summed E-state index contributed by atoms with van der Waals surface area (Å²) in [6, 6.07) is 10.9. The Hall–Kier alpha value is -1.42. The monoisotopic (exact) mass is 515 g/mol. The molecule has 0 amide bonds. The Morgan fingerprint density at radius 2 is 1.64 bits per heavy atom. The molecule has 0 saturated carbocycles. The van der Waals surface area contributed by atoms with E-state index in [0.717, 1.165) is 7.14 Å². The van der Waals surface area contributed by atoms with E-state index in [1.165, 1.54) is 0 Å². The molecule has 2 aromatic heterocycles. The number of hydrogen-bond donors (Lipinski definition) is 1. The van der Waals surface area contributed by atoms with Crippen LogP contribution in [0.2, 0.25) is 0 Å². The predicted molar refractivity (Wildman–Crippen MR) is 104 cm³/mol. The minimum atomic E-state index is -0.484. The van der Waals surface area contributed by atoms with Gasteiger partial charge in [0.25, 0.3) is 5.56 Å². The summed E-state index contributed by atoms with van der Waals surface area (Å²) in [7, 11) is 0. The second-order valence-corrected chi connectivity index (χ2v) is 7.23. The van der Waals surface area contributed by atoms with Gasteiger partial charge in [-0.25, -0.2) is 4.79 Å². The maximum atomic E-state index is 12.5. The molecule has 1 N–H and O–H groups in total. The van der Waals surface area contributed by atoms with E-state index in [9.17, 15) is 9.59 Å².